The fraction of sp³-hybridized carbons (Fsp3) is 0.684. The minimum absolute atomic E-state index is 0.301. The Balaban J connectivity index is 5.61. The predicted molar refractivity (Wildman–Crippen MR) is 112 cm³/mol. The van der Waals surface area contributed by atoms with Gasteiger partial charge in [-0.05, 0) is 11.8 Å². The molecule has 0 saturated carbocycles. The molecule has 0 rings (SSSR count). The number of carbonyl (C=O) groups is 6. The van der Waals surface area contributed by atoms with Crippen molar-refractivity contribution in [3.8, 4) is 0 Å². The van der Waals surface area contributed by atoms with Crippen LogP contribution in [0.5, 0.6) is 0 Å². The van der Waals surface area contributed by atoms with Crippen LogP contribution in [0, 0.1) is 11.8 Å². The maximum absolute atomic E-state index is 12.6. The van der Waals surface area contributed by atoms with Gasteiger partial charge in [0.25, 0.3) is 0 Å². The van der Waals surface area contributed by atoms with Crippen LogP contribution in [0.4, 0.5) is 0 Å². The molecule has 5 atom stereocenters. The minimum atomic E-state index is -1.60. The van der Waals surface area contributed by atoms with Crippen LogP contribution in [0.2, 0.25) is 0 Å². The highest BCUT2D eigenvalue weighted by molar-refractivity contribution is 5.97. The van der Waals surface area contributed by atoms with Crippen LogP contribution in [0.25, 0.3) is 0 Å². The first-order chi connectivity index (χ1) is 14.7. The maximum Gasteiger partial charge on any atom is 0.326 e. The molecule has 13 nitrogen and oxygen atoms in total. The molecule has 0 aliphatic heterocycles. The number of aliphatic carboxylic acids is 2. The third-order valence-corrected chi connectivity index (χ3v) is 4.85. The average Bonchev–Trinajstić information content (AvgIpc) is 2.68. The monoisotopic (exact) mass is 459 g/mol. The molecule has 4 amide bonds. The van der Waals surface area contributed by atoms with Crippen molar-refractivity contribution >= 4 is 35.6 Å². The van der Waals surface area contributed by atoms with Gasteiger partial charge in [0, 0.05) is 0 Å². The molecule has 0 aromatic carbocycles. The van der Waals surface area contributed by atoms with Gasteiger partial charge in [-0.15, -0.1) is 0 Å². The SMILES string of the molecule is CCC(C)C(NC(=O)C(CC(N)=O)NC(=O)C(CC(=O)O)NC(=O)C(N)C(C)C)C(=O)O. The second-order valence-corrected chi connectivity index (χ2v) is 7.87. The van der Waals surface area contributed by atoms with E-state index in [0.717, 1.165) is 0 Å². The van der Waals surface area contributed by atoms with Gasteiger partial charge in [-0.1, -0.05) is 34.1 Å². The van der Waals surface area contributed by atoms with Gasteiger partial charge in [0.05, 0.1) is 18.9 Å². The highest BCUT2D eigenvalue weighted by Crippen LogP contribution is 2.09. The zero-order chi connectivity index (χ0) is 25.2. The number of nitrogens with one attached hydrogen (secondary N) is 3. The van der Waals surface area contributed by atoms with Gasteiger partial charge >= 0.3 is 11.9 Å². The van der Waals surface area contributed by atoms with Crippen LogP contribution < -0.4 is 27.4 Å². The van der Waals surface area contributed by atoms with Gasteiger partial charge in [-0.3, -0.25) is 24.0 Å². The van der Waals surface area contributed by atoms with Crippen LogP contribution in [-0.4, -0.2) is 69.9 Å². The topological polar surface area (TPSA) is 231 Å². The van der Waals surface area contributed by atoms with E-state index in [1.165, 1.54) is 0 Å². The lowest BCUT2D eigenvalue weighted by atomic mass is 9.98. The Morgan fingerprint density at radius 1 is 0.812 bits per heavy atom. The van der Waals surface area contributed by atoms with E-state index in [1.54, 1.807) is 27.7 Å². The number of rotatable bonds is 14. The van der Waals surface area contributed by atoms with Crippen molar-refractivity contribution in [1.29, 1.82) is 0 Å². The summed E-state index contributed by atoms with van der Waals surface area (Å²) in [5.41, 5.74) is 10.8. The third-order valence-electron chi connectivity index (χ3n) is 4.85. The Kier molecular flexibility index (Phi) is 11.9. The van der Waals surface area contributed by atoms with E-state index in [1.807, 2.05) is 0 Å². The standard InChI is InChI=1S/C19H33N5O8/c1-5-9(4)15(19(31)32)24-17(29)10(6-12(20)25)22-16(28)11(7-13(26)27)23-18(30)14(21)8(2)3/h8-11,14-15H,5-7,21H2,1-4H3,(H2,20,25)(H,22,28)(H,23,30)(H,24,29)(H,26,27)(H,31,32). The lowest BCUT2D eigenvalue weighted by Gasteiger charge is -2.26. The minimum Gasteiger partial charge on any atom is -0.481 e. The molecule has 0 aliphatic carbocycles. The Morgan fingerprint density at radius 2 is 1.28 bits per heavy atom. The molecule has 32 heavy (non-hydrogen) atoms. The van der Waals surface area contributed by atoms with Gasteiger partial charge in [0.1, 0.15) is 18.1 Å². The number of primary amides is 1. The number of amides is 4. The van der Waals surface area contributed by atoms with E-state index in [0.29, 0.717) is 6.42 Å². The summed E-state index contributed by atoms with van der Waals surface area (Å²) in [6, 6.07) is -5.50. The highest BCUT2D eigenvalue weighted by Gasteiger charge is 2.33. The number of carboxylic acid groups (broad SMARTS) is 2. The largest absolute Gasteiger partial charge is 0.481 e. The first kappa shape index (κ1) is 28.8. The summed E-state index contributed by atoms with van der Waals surface area (Å²) in [4.78, 5) is 71.4. The number of nitrogens with two attached hydrogens (primary N) is 2. The smallest absolute Gasteiger partial charge is 0.326 e. The van der Waals surface area contributed by atoms with Crippen molar-refractivity contribution in [2.75, 3.05) is 0 Å². The molecule has 0 radical (unpaired) electrons. The Hall–Kier alpha value is -3.22. The quantitative estimate of drug-likeness (QED) is 0.151. The molecule has 0 saturated heterocycles. The van der Waals surface area contributed by atoms with Crippen LogP contribution >= 0.6 is 0 Å². The maximum atomic E-state index is 12.6. The summed E-state index contributed by atoms with van der Waals surface area (Å²) in [7, 11) is 0. The van der Waals surface area contributed by atoms with Crippen LogP contribution in [0.3, 0.4) is 0 Å². The first-order valence-corrected chi connectivity index (χ1v) is 10.1. The lowest BCUT2D eigenvalue weighted by molar-refractivity contribution is -0.144. The molecular formula is C19H33N5O8. The molecule has 0 bridgehead atoms. The number of hydrogen-bond donors (Lipinski definition) is 7. The molecule has 5 unspecified atom stereocenters. The first-order valence-electron chi connectivity index (χ1n) is 10.1. The third kappa shape index (κ3) is 9.73. The van der Waals surface area contributed by atoms with Crippen molar-refractivity contribution in [2.45, 2.75) is 71.1 Å². The molecule has 0 spiro atoms. The van der Waals surface area contributed by atoms with Crippen molar-refractivity contribution in [3.05, 3.63) is 0 Å². The fourth-order valence-corrected chi connectivity index (χ4v) is 2.57. The number of carboxylic acids is 2. The van der Waals surface area contributed by atoms with Crippen LogP contribution in [0.15, 0.2) is 0 Å². The molecule has 0 aromatic heterocycles. The summed E-state index contributed by atoms with van der Waals surface area (Å²) < 4.78 is 0. The van der Waals surface area contributed by atoms with Crippen molar-refractivity contribution in [2.24, 2.45) is 23.3 Å². The zero-order valence-corrected chi connectivity index (χ0v) is 18.6. The Bertz CT molecular complexity index is 727. The van der Waals surface area contributed by atoms with Gasteiger partial charge < -0.3 is 37.6 Å². The van der Waals surface area contributed by atoms with Crippen LogP contribution in [-0.2, 0) is 28.8 Å². The molecule has 182 valence electrons. The fourth-order valence-electron chi connectivity index (χ4n) is 2.57. The molecule has 0 heterocycles. The molecule has 0 aliphatic rings. The summed E-state index contributed by atoms with van der Waals surface area (Å²) in [6.45, 7) is 6.62. The molecule has 9 N–H and O–H groups in total. The molecular weight excluding hydrogens is 426 g/mol. The Labute approximate surface area is 185 Å². The van der Waals surface area contributed by atoms with E-state index < -0.39 is 78.5 Å². The van der Waals surface area contributed by atoms with E-state index >= 15 is 0 Å². The average molecular weight is 460 g/mol. The van der Waals surface area contributed by atoms with Crippen LogP contribution in [0.1, 0.15) is 47.0 Å². The van der Waals surface area contributed by atoms with Gasteiger partial charge in [-0.2, -0.15) is 0 Å². The summed E-state index contributed by atoms with van der Waals surface area (Å²) in [5.74, 6) is -7.31. The van der Waals surface area contributed by atoms with E-state index in [9.17, 15) is 33.9 Å². The lowest BCUT2D eigenvalue weighted by Crippen LogP contribution is -2.59. The van der Waals surface area contributed by atoms with Gasteiger partial charge in [0.15, 0.2) is 0 Å². The van der Waals surface area contributed by atoms with Gasteiger partial charge in [-0.25, -0.2) is 4.79 Å². The predicted octanol–water partition coefficient (Wildman–Crippen LogP) is -2.10. The number of carbonyl (C=O) groups excluding carboxylic acids is 4. The summed E-state index contributed by atoms with van der Waals surface area (Å²) >= 11 is 0. The second kappa shape index (κ2) is 13.2. The second-order valence-electron chi connectivity index (χ2n) is 7.87. The van der Waals surface area contributed by atoms with Crippen molar-refractivity contribution in [3.63, 3.8) is 0 Å². The summed E-state index contributed by atoms with van der Waals surface area (Å²) in [5, 5.41) is 25.0. The summed E-state index contributed by atoms with van der Waals surface area (Å²) in [6.07, 6.45) is -1.07. The normalized spacial score (nSPS) is 15.6. The zero-order valence-electron chi connectivity index (χ0n) is 18.6. The molecule has 0 aromatic rings. The van der Waals surface area contributed by atoms with E-state index in [-0.39, 0.29) is 5.92 Å². The number of hydrogen-bond acceptors (Lipinski definition) is 7. The van der Waals surface area contributed by atoms with E-state index in [2.05, 4.69) is 16.0 Å². The van der Waals surface area contributed by atoms with Crippen molar-refractivity contribution in [1.82, 2.24) is 16.0 Å². The van der Waals surface area contributed by atoms with Crippen molar-refractivity contribution < 1.29 is 39.0 Å². The van der Waals surface area contributed by atoms with Gasteiger partial charge in [0.2, 0.25) is 23.6 Å². The Morgan fingerprint density at radius 3 is 1.69 bits per heavy atom. The molecule has 0 fully saturated rings. The molecule has 13 heteroatoms. The van der Waals surface area contributed by atoms with E-state index in [4.69, 9.17) is 16.6 Å². The highest BCUT2D eigenvalue weighted by atomic mass is 16.4.